The lowest BCUT2D eigenvalue weighted by Crippen LogP contribution is -2.41. The number of sulfonamides is 1. The van der Waals surface area contributed by atoms with Gasteiger partial charge >= 0.3 is 0 Å². The lowest BCUT2D eigenvalue weighted by molar-refractivity contribution is 0.101. The maximum absolute atomic E-state index is 12.8. The van der Waals surface area contributed by atoms with Crippen molar-refractivity contribution in [1.82, 2.24) is 9.29 Å². The Morgan fingerprint density at radius 2 is 1.79 bits per heavy atom. The van der Waals surface area contributed by atoms with E-state index in [0.29, 0.717) is 36.7 Å². The number of hydrogen-bond acceptors (Lipinski definition) is 6. The Morgan fingerprint density at radius 3 is 2.43 bits per heavy atom. The van der Waals surface area contributed by atoms with Crippen molar-refractivity contribution in [3.05, 3.63) is 54.1 Å². The Bertz CT molecular complexity index is 1070. The van der Waals surface area contributed by atoms with Gasteiger partial charge in [0, 0.05) is 18.7 Å². The Balaban J connectivity index is 1.40. The first-order valence-electron chi connectivity index (χ1n) is 9.07. The van der Waals surface area contributed by atoms with E-state index < -0.39 is 10.0 Å². The first-order valence-corrected chi connectivity index (χ1v) is 11.3. The van der Waals surface area contributed by atoms with Gasteiger partial charge in [-0.3, -0.25) is 4.79 Å². The van der Waals surface area contributed by atoms with Crippen molar-refractivity contribution in [3.63, 3.8) is 0 Å². The average Bonchev–Trinajstić information content (AvgIpc) is 3.10. The second-order valence-electron chi connectivity index (χ2n) is 6.75. The summed E-state index contributed by atoms with van der Waals surface area (Å²) in [4.78, 5) is 16.1. The lowest BCUT2D eigenvalue weighted by Gasteiger charge is -2.30. The van der Waals surface area contributed by atoms with Crippen LogP contribution in [0.3, 0.4) is 0 Å². The fourth-order valence-electron chi connectivity index (χ4n) is 3.25. The summed E-state index contributed by atoms with van der Waals surface area (Å²) in [7, 11) is -3.57. The lowest BCUT2D eigenvalue weighted by atomic mass is 10.1. The number of piperidine rings is 1. The Labute approximate surface area is 167 Å². The molecule has 0 bridgehead atoms. The molecule has 1 aliphatic rings. The molecule has 146 valence electrons. The molecule has 2 heterocycles. The van der Waals surface area contributed by atoms with Crippen LogP contribution in [-0.4, -0.2) is 42.7 Å². The van der Waals surface area contributed by atoms with Gasteiger partial charge in [-0.1, -0.05) is 35.6 Å². The monoisotopic (exact) mass is 416 g/mol. The van der Waals surface area contributed by atoms with Crippen molar-refractivity contribution >= 4 is 37.4 Å². The summed E-state index contributed by atoms with van der Waals surface area (Å²) in [6.45, 7) is 2.25. The Kier molecular flexibility index (Phi) is 5.18. The third-order valence-electron chi connectivity index (χ3n) is 4.84. The molecule has 3 aromatic rings. The van der Waals surface area contributed by atoms with E-state index in [0.717, 1.165) is 10.2 Å². The van der Waals surface area contributed by atoms with Gasteiger partial charge in [0.25, 0.3) is 5.19 Å². The van der Waals surface area contributed by atoms with Gasteiger partial charge in [-0.15, -0.1) is 0 Å². The third-order valence-corrected chi connectivity index (χ3v) is 7.68. The van der Waals surface area contributed by atoms with E-state index in [-0.39, 0.29) is 16.8 Å². The summed E-state index contributed by atoms with van der Waals surface area (Å²) in [5, 5.41) is 0.627. The van der Waals surface area contributed by atoms with Crippen LogP contribution in [0.15, 0.2) is 53.4 Å². The van der Waals surface area contributed by atoms with Gasteiger partial charge in [0.05, 0.1) is 15.1 Å². The molecular formula is C20H20N2O4S2. The molecule has 4 rings (SSSR count). The van der Waals surface area contributed by atoms with Gasteiger partial charge in [0.1, 0.15) is 6.10 Å². The number of carbonyl (C=O) groups excluding carboxylic acids is 1. The van der Waals surface area contributed by atoms with Crippen molar-refractivity contribution in [3.8, 4) is 5.19 Å². The highest BCUT2D eigenvalue weighted by atomic mass is 32.2. The van der Waals surface area contributed by atoms with E-state index in [4.69, 9.17) is 4.74 Å². The summed E-state index contributed by atoms with van der Waals surface area (Å²) in [5.41, 5.74) is 1.42. The first kappa shape index (κ1) is 19.0. The van der Waals surface area contributed by atoms with Crippen LogP contribution in [0.4, 0.5) is 0 Å². The van der Waals surface area contributed by atoms with Crippen molar-refractivity contribution in [2.75, 3.05) is 13.1 Å². The number of nitrogens with zero attached hydrogens (tertiary/aromatic N) is 2. The SMILES string of the molecule is CC(=O)c1ccc(S(=O)(=O)N2CCC(Oc3nc4ccccc4s3)CC2)cc1. The molecule has 8 heteroatoms. The van der Waals surface area contributed by atoms with E-state index in [1.807, 2.05) is 24.3 Å². The Hall–Kier alpha value is -2.29. The summed E-state index contributed by atoms with van der Waals surface area (Å²) >= 11 is 1.51. The zero-order valence-electron chi connectivity index (χ0n) is 15.4. The number of para-hydroxylation sites is 1. The van der Waals surface area contributed by atoms with Crippen LogP contribution in [0.1, 0.15) is 30.1 Å². The quantitative estimate of drug-likeness (QED) is 0.593. The highest BCUT2D eigenvalue weighted by Crippen LogP contribution is 2.30. The number of thiazole rings is 1. The van der Waals surface area contributed by atoms with Crippen LogP contribution in [-0.2, 0) is 10.0 Å². The molecule has 0 spiro atoms. The van der Waals surface area contributed by atoms with E-state index in [1.54, 1.807) is 12.1 Å². The molecule has 0 radical (unpaired) electrons. The number of ether oxygens (including phenoxy) is 1. The number of Topliss-reactive ketones (excluding diaryl/α,β-unsaturated/α-hetero) is 1. The van der Waals surface area contributed by atoms with Crippen LogP contribution < -0.4 is 4.74 Å². The zero-order valence-corrected chi connectivity index (χ0v) is 17.0. The van der Waals surface area contributed by atoms with E-state index in [2.05, 4.69) is 4.98 Å². The first-order chi connectivity index (χ1) is 13.4. The molecule has 1 aromatic heterocycles. The topological polar surface area (TPSA) is 76.6 Å². The second kappa shape index (κ2) is 7.62. The summed E-state index contributed by atoms with van der Waals surface area (Å²) in [6.07, 6.45) is 1.17. The molecule has 0 amide bonds. The molecule has 1 aliphatic heterocycles. The molecule has 0 unspecified atom stereocenters. The fourth-order valence-corrected chi connectivity index (χ4v) is 5.60. The number of benzene rings is 2. The predicted molar refractivity (Wildman–Crippen MR) is 108 cm³/mol. The van der Waals surface area contributed by atoms with Crippen molar-refractivity contribution < 1.29 is 17.9 Å². The molecule has 28 heavy (non-hydrogen) atoms. The second-order valence-corrected chi connectivity index (χ2v) is 9.68. The number of fused-ring (bicyclic) bond motifs is 1. The highest BCUT2D eigenvalue weighted by Gasteiger charge is 2.30. The van der Waals surface area contributed by atoms with Crippen molar-refractivity contribution in [2.24, 2.45) is 0 Å². The normalized spacial score (nSPS) is 16.3. The fraction of sp³-hybridized carbons (Fsp3) is 0.300. The summed E-state index contributed by atoms with van der Waals surface area (Å²) < 4.78 is 34.2. The minimum Gasteiger partial charge on any atom is -0.467 e. The largest absolute Gasteiger partial charge is 0.467 e. The number of ketones is 1. The van der Waals surface area contributed by atoms with E-state index >= 15 is 0 Å². The van der Waals surface area contributed by atoms with Gasteiger partial charge in [-0.25, -0.2) is 13.4 Å². The minimum atomic E-state index is -3.57. The molecule has 2 aromatic carbocycles. The Morgan fingerprint density at radius 1 is 1.11 bits per heavy atom. The summed E-state index contributed by atoms with van der Waals surface area (Å²) in [5.74, 6) is -0.0863. The molecule has 1 fully saturated rings. The van der Waals surface area contributed by atoms with Crippen LogP contribution in [0.25, 0.3) is 10.2 Å². The molecule has 1 saturated heterocycles. The third kappa shape index (κ3) is 3.80. The van der Waals surface area contributed by atoms with Gasteiger partial charge in [0.2, 0.25) is 10.0 Å². The van der Waals surface area contributed by atoms with Crippen LogP contribution in [0.5, 0.6) is 5.19 Å². The maximum atomic E-state index is 12.8. The minimum absolute atomic E-state index is 0.0490. The van der Waals surface area contributed by atoms with Crippen molar-refractivity contribution in [1.29, 1.82) is 0 Å². The van der Waals surface area contributed by atoms with E-state index in [9.17, 15) is 13.2 Å². The smallest absolute Gasteiger partial charge is 0.274 e. The van der Waals surface area contributed by atoms with Gasteiger partial charge < -0.3 is 4.74 Å². The number of rotatable bonds is 5. The average molecular weight is 417 g/mol. The van der Waals surface area contributed by atoms with Gasteiger partial charge in [-0.05, 0) is 44.0 Å². The number of aromatic nitrogens is 1. The van der Waals surface area contributed by atoms with Gasteiger partial charge in [-0.2, -0.15) is 4.31 Å². The van der Waals surface area contributed by atoms with Crippen molar-refractivity contribution in [2.45, 2.75) is 30.8 Å². The van der Waals surface area contributed by atoms with Crippen LogP contribution in [0.2, 0.25) is 0 Å². The molecule has 6 nitrogen and oxygen atoms in total. The number of carbonyl (C=O) groups is 1. The highest BCUT2D eigenvalue weighted by molar-refractivity contribution is 7.89. The molecular weight excluding hydrogens is 396 g/mol. The van der Waals surface area contributed by atoms with Crippen LogP contribution in [0, 0.1) is 0 Å². The molecule has 0 atom stereocenters. The van der Waals surface area contributed by atoms with E-state index in [1.165, 1.54) is 34.7 Å². The standard InChI is InChI=1S/C20H20N2O4S2/c1-14(23)15-6-8-17(9-7-15)28(24,25)22-12-10-16(11-13-22)26-20-21-18-4-2-3-5-19(18)27-20/h2-9,16H,10-13H2,1H3. The zero-order chi connectivity index (χ0) is 19.7. The maximum Gasteiger partial charge on any atom is 0.274 e. The van der Waals surface area contributed by atoms with Gasteiger partial charge in [0.15, 0.2) is 5.78 Å². The molecule has 0 aliphatic carbocycles. The molecule has 0 N–H and O–H groups in total. The van der Waals surface area contributed by atoms with Crippen LogP contribution >= 0.6 is 11.3 Å². The molecule has 0 saturated carbocycles. The predicted octanol–water partition coefficient (Wildman–Crippen LogP) is 3.73. The summed E-state index contributed by atoms with van der Waals surface area (Å²) in [6, 6.07) is 14.0. The number of hydrogen-bond donors (Lipinski definition) is 0.